The molecule has 6 nitrogen and oxygen atoms in total. The zero-order valence-corrected chi connectivity index (χ0v) is 19.2. The van der Waals surface area contributed by atoms with Crippen LogP contribution in [-0.2, 0) is 4.79 Å². The highest BCUT2D eigenvalue weighted by Crippen LogP contribution is 2.15. The lowest BCUT2D eigenvalue weighted by molar-refractivity contribution is -0.130. The first kappa shape index (κ1) is 24.7. The van der Waals surface area contributed by atoms with E-state index in [0.717, 1.165) is 63.4 Å². The van der Waals surface area contributed by atoms with E-state index in [2.05, 4.69) is 15.6 Å². The Balaban J connectivity index is 0.00000392. The van der Waals surface area contributed by atoms with Gasteiger partial charge in [-0.3, -0.25) is 9.79 Å². The molecule has 1 atom stereocenters. The Morgan fingerprint density at radius 1 is 1.21 bits per heavy atom. The van der Waals surface area contributed by atoms with Crippen molar-refractivity contribution in [2.75, 3.05) is 39.3 Å². The number of nitrogens with zero attached hydrogens (tertiary/aromatic N) is 2. The van der Waals surface area contributed by atoms with Gasteiger partial charge in [0, 0.05) is 38.5 Å². The zero-order valence-electron chi connectivity index (χ0n) is 16.9. The van der Waals surface area contributed by atoms with Crippen LogP contribution < -0.4 is 10.6 Å². The van der Waals surface area contributed by atoms with E-state index in [9.17, 15) is 9.90 Å². The predicted octanol–water partition coefficient (Wildman–Crippen LogP) is 2.73. The van der Waals surface area contributed by atoms with Crippen molar-refractivity contribution in [3.63, 3.8) is 0 Å². The minimum Gasteiger partial charge on any atom is -0.396 e. The number of nitrogens with one attached hydrogen (secondary N) is 2. The van der Waals surface area contributed by atoms with E-state index in [1.165, 1.54) is 0 Å². The van der Waals surface area contributed by atoms with Gasteiger partial charge in [0.15, 0.2) is 5.96 Å². The maximum atomic E-state index is 12.0. The van der Waals surface area contributed by atoms with Gasteiger partial charge in [0.25, 0.3) is 0 Å². The molecular formula is C21H35IN4O2. The van der Waals surface area contributed by atoms with E-state index in [4.69, 9.17) is 0 Å². The van der Waals surface area contributed by atoms with Crippen LogP contribution in [0.4, 0.5) is 0 Å². The summed E-state index contributed by atoms with van der Waals surface area (Å²) in [6, 6.07) is 9.98. The highest BCUT2D eigenvalue weighted by atomic mass is 127. The summed E-state index contributed by atoms with van der Waals surface area (Å²) in [5.41, 5.74) is 1.10. The molecule has 158 valence electrons. The normalized spacial score (nSPS) is 16.1. The Hall–Kier alpha value is -1.35. The second-order valence-corrected chi connectivity index (χ2v) is 6.98. The van der Waals surface area contributed by atoms with E-state index in [1.54, 1.807) is 0 Å². The molecule has 7 heteroatoms. The first-order chi connectivity index (χ1) is 13.2. The van der Waals surface area contributed by atoms with Crippen molar-refractivity contribution in [1.29, 1.82) is 0 Å². The van der Waals surface area contributed by atoms with Gasteiger partial charge in [-0.05, 0) is 31.7 Å². The summed E-state index contributed by atoms with van der Waals surface area (Å²) in [6.45, 7) is 5.88. The minimum absolute atomic E-state index is 0. The molecule has 1 aliphatic heterocycles. The second-order valence-electron chi connectivity index (χ2n) is 6.98. The fraction of sp³-hybridized carbons (Fsp3) is 0.619. The molecule has 0 spiro atoms. The maximum Gasteiger partial charge on any atom is 0.222 e. The molecule has 0 aliphatic carbocycles. The topological polar surface area (TPSA) is 77.0 Å². The van der Waals surface area contributed by atoms with Crippen LogP contribution >= 0.6 is 24.0 Å². The Kier molecular flexibility index (Phi) is 12.9. The summed E-state index contributed by atoms with van der Waals surface area (Å²) in [6.07, 6.45) is 4.90. The molecule has 1 saturated heterocycles. The number of hydrogen-bond donors (Lipinski definition) is 3. The Morgan fingerprint density at radius 2 is 2.00 bits per heavy atom. The largest absolute Gasteiger partial charge is 0.396 e. The van der Waals surface area contributed by atoms with Gasteiger partial charge in [-0.2, -0.15) is 0 Å². The highest BCUT2D eigenvalue weighted by Gasteiger charge is 2.15. The molecule has 1 aliphatic rings. The standard InChI is InChI=1S/C21H34N4O2.HI/c1-2-22-21(24-16-19(17-26)18-10-5-3-6-11-18)23-13-9-15-25-14-8-4-7-12-20(25)27;/h3,5-6,10-11,19,26H,2,4,7-9,12-17H2,1H3,(H2,22,23,24);1H. The van der Waals surface area contributed by atoms with Crippen LogP contribution in [-0.4, -0.2) is 61.2 Å². The number of rotatable bonds is 9. The van der Waals surface area contributed by atoms with Gasteiger partial charge in [-0.15, -0.1) is 24.0 Å². The van der Waals surface area contributed by atoms with Gasteiger partial charge < -0.3 is 20.6 Å². The van der Waals surface area contributed by atoms with Crippen molar-refractivity contribution in [2.45, 2.75) is 44.9 Å². The third kappa shape index (κ3) is 8.77. The summed E-state index contributed by atoms with van der Waals surface area (Å²) in [5, 5.41) is 16.3. The summed E-state index contributed by atoms with van der Waals surface area (Å²) in [5.74, 6) is 1.05. The molecule has 28 heavy (non-hydrogen) atoms. The Labute approximate surface area is 186 Å². The van der Waals surface area contributed by atoms with Gasteiger partial charge >= 0.3 is 0 Å². The number of amides is 1. The number of aliphatic hydroxyl groups excluding tert-OH is 1. The molecule has 0 aromatic heterocycles. The number of guanidine groups is 1. The molecule has 3 N–H and O–H groups in total. The summed E-state index contributed by atoms with van der Waals surface area (Å²) < 4.78 is 0. The summed E-state index contributed by atoms with van der Waals surface area (Å²) in [4.78, 5) is 18.7. The van der Waals surface area contributed by atoms with Crippen molar-refractivity contribution >= 4 is 35.8 Å². The third-order valence-electron chi connectivity index (χ3n) is 4.87. The molecule has 0 saturated carbocycles. The minimum atomic E-state index is -0.00335. The van der Waals surface area contributed by atoms with Crippen LogP contribution in [0.25, 0.3) is 0 Å². The lowest BCUT2D eigenvalue weighted by atomic mass is 10.0. The van der Waals surface area contributed by atoms with Gasteiger partial charge in [-0.25, -0.2) is 0 Å². The van der Waals surface area contributed by atoms with Crippen molar-refractivity contribution < 1.29 is 9.90 Å². The van der Waals surface area contributed by atoms with Crippen molar-refractivity contribution in [2.24, 2.45) is 4.99 Å². The predicted molar refractivity (Wildman–Crippen MR) is 125 cm³/mol. The van der Waals surface area contributed by atoms with Crippen LogP contribution in [0, 0.1) is 0 Å². The van der Waals surface area contributed by atoms with Crippen LogP contribution in [0.5, 0.6) is 0 Å². The number of benzene rings is 1. The van der Waals surface area contributed by atoms with E-state index >= 15 is 0 Å². The molecule has 0 bridgehead atoms. The van der Waals surface area contributed by atoms with Gasteiger partial charge in [-0.1, -0.05) is 36.8 Å². The molecular weight excluding hydrogens is 467 g/mol. The first-order valence-electron chi connectivity index (χ1n) is 10.2. The SMILES string of the molecule is CCNC(=NCC(CO)c1ccccc1)NCCCN1CCCCCC1=O.I. The number of halogens is 1. The Morgan fingerprint density at radius 3 is 2.71 bits per heavy atom. The van der Waals surface area contributed by atoms with Gasteiger partial charge in [0.2, 0.25) is 5.91 Å². The van der Waals surface area contributed by atoms with E-state index in [1.807, 2.05) is 42.2 Å². The van der Waals surface area contributed by atoms with Crippen LogP contribution in [0.1, 0.15) is 50.5 Å². The number of aliphatic imine (C=N–C) groups is 1. The lowest BCUT2D eigenvalue weighted by Gasteiger charge is -2.21. The van der Waals surface area contributed by atoms with Crippen molar-refractivity contribution in [3.05, 3.63) is 35.9 Å². The van der Waals surface area contributed by atoms with Gasteiger partial charge in [0.1, 0.15) is 0 Å². The smallest absolute Gasteiger partial charge is 0.222 e. The summed E-state index contributed by atoms with van der Waals surface area (Å²) in [7, 11) is 0. The number of likely N-dealkylation sites (tertiary alicyclic amines) is 1. The van der Waals surface area contributed by atoms with Gasteiger partial charge in [0.05, 0.1) is 13.2 Å². The number of hydrogen-bond acceptors (Lipinski definition) is 3. The third-order valence-corrected chi connectivity index (χ3v) is 4.87. The monoisotopic (exact) mass is 502 g/mol. The van der Waals surface area contributed by atoms with Crippen LogP contribution in [0.15, 0.2) is 35.3 Å². The zero-order chi connectivity index (χ0) is 19.3. The fourth-order valence-corrected chi connectivity index (χ4v) is 3.29. The van der Waals surface area contributed by atoms with Crippen molar-refractivity contribution in [1.82, 2.24) is 15.5 Å². The highest BCUT2D eigenvalue weighted by molar-refractivity contribution is 14.0. The number of carbonyl (C=O) groups is 1. The number of carbonyl (C=O) groups excluding carboxylic acids is 1. The van der Waals surface area contributed by atoms with E-state index in [-0.39, 0.29) is 36.5 Å². The molecule has 1 amide bonds. The molecule has 1 heterocycles. The molecule has 1 fully saturated rings. The first-order valence-corrected chi connectivity index (χ1v) is 10.2. The summed E-state index contributed by atoms with van der Waals surface area (Å²) >= 11 is 0. The second kappa shape index (κ2) is 14.6. The maximum absolute atomic E-state index is 12.0. The molecule has 1 aromatic carbocycles. The quantitative estimate of drug-likeness (QED) is 0.210. The van der Waals surface area contributed by atoms with Crippen LogP contribution in [0.3, 0.4) is 0 Å². The number of aliphatic hydroxyl groups is 1. The van der Waals surface area contributed by atoms with Crippen LogP contribution in [0.2, 0.25) is 0 Å². The fourth-order valence-electron chi connectivity index (χ4n) is 3.29. The average molecular weight is 502 g/mol. The average Bonchev–Trinajstić information content (AvgIpc) is 2.90. The molecule has 1 aromatic rings. The van der Waals surface area contributed by atoms with Crippen molar-refractivity contribution in [3.8, 4) is 0 Å². The van der Waals surface area contributed by atoms with E-state index in [0.29, 0.717) is 18.9 Å². The molecule has 2 rings (SSSR count). The Bertz CT molecular complexity index is 583. The lowest BCUT2D eigenvalue weighted by Crippen LogP contribution is -2.39. The van der Waals surface area contributed by atoms with E-state index < -0.39 is 0 Å². The molecule has 1 unspecified atom stereocenters. The molecule has 0 radical (unpaired) electrons.